The Morgan fingerprint density at radius 1 is 0.900 bits per heavy atom. The molecule has 2 N–H and O–H groups in total. The van der Waals surface area contributed by atoms with Crippen molar-refractivity contribution >= 4 is 60.8 Å². The van der Waals surface area contributed by atoms with Gasteiger partial charge in [-0.3, -0.25) is 10.1 Å². The lowest BCUT2D eigenvalue weighted by Crippen LogP contribution is -2.34. The Kier molecular flexibility index (Phi) is 5.28. The van der Waals surface area contributed by atoms with Gasteiger partial charge in [-0.25, -0.2) is 0 Å². The number of benzene rings is 2. The second-order valence-corrected chi connectivity index (χ2v) is 6.16. The van der Waals surface area contributed by atoms with E-state index in [4.69, 9.17) is 12.2 Å². The van der Waals surface area contributed by atoms with E-state index in [1.165, 1.54) is 0 Å². The Morgan fingerprint density at radius 3 is 1.95 bits per heavy atom. The molecule has 0 fully saturated rings. The molecule has 0 spiro atoms. The van der Waals surface area contributed by atoms with Crippen molar-refractivity contribution in [1.29, 1.82) is 0 Å². The average molecular weight is 414 g/mol. The molecule has 0 unspecified atom stereocenters. The topological polar surface area (TPSA) is 41.1 Å². The van der Waals surface area contributed by atoms with Crippen LogP contribution in [0.1, 0.15) is 10.4 Å². The van der Waals surface area contributed by atoms with E-state index in [1.54, 1.807) is 24.3 Å². The Hall–Kier alpha value is -1.24. The molecule has 0 radical (unpaired) electrons. The van der Waals surface area contributed by atoms with Crippen LogP contribution in [0.15, 0.2) is 57.5 Å². The molecule has 2 aromatic rings. The van der Waals surface area contributed by atoms with Crippen molar-refractivity contribution in [3.8, 4) is 0 Å². The van der Waals surface area contributed by atoms with Crippen LogP contribution in [0.3, 0.4) is 0 Å². The highest BCUT2D eigenvalue weighted by atomic mass is 79.9. The van der Waals surface area contributed by atoms with Crippen molar-refractivity contribution in [3.63, 3.8) is 0 Å². The van der Waals surface area contributed by atoms with Gasteiger partial charge in [0.05, 0.1) is 0 Å². The van der Waals surface area contributed by atoms with Gasteiger partial charge in [-0.15, -0.1) is 0 Å². The predicted molar refractivity (Wildman–Crippen MR) is 92.0 cm³/mol. The number of thiocarbonyl (C=S) groups is 1. The van der Waals surface area contributed by atoms with Gasteiger partial charge in [-0.1, -0.05) is 31.9 Å². The highest BCUT2D eigenvalue weighted by Crippen LogP contribution is 2.14. The number of anilines is 1. The lowest BCUT2D eigenvalue weighted by atomic mass is 10.2. The molecule has 3 nitrogen and oxygen atoms in total. The highest BCUT2D eigenvalue weighted by molar-refractivity contribution is 9.10. The number of amides is 1. The van der Waals surface area contributed by atoms with Gasteiger partial charge in [-0.05, 0) is 60.7 Å². The number of carbonyl (C=O) groups excluding carboxylic acids is 1. The van der Waals surface area contributed by atoms with E-state index < -0.39 is 0 Å². The molecule has 0 aromatic heterocycles. The van der Waals surface area contributed by atoms with Gasteiger partial charge in [0.1, 0.15) is 0 Å². The maximum atomic E-state index is 11.9. The number of hydrogen-bond acceptors (Lipinski definition) is 2. The van der Waals surface area contributed by atoms with Gasteiger partial charge in [-0.2, -0.15) is 0 Å². The summed E-state index contributed by atoms with van der Waals surface area (Å²) in [5.74, 6) is -0.243. The van der Waals surface area contributed by atoms with Crippen molar-refractivity contribution in [2.75, 3.05) is 5.32 Å². The normalized spacial score (nSPS) is 9.90. The summed E-state index contributed by atoms with van der Waals surface area (Å²) >= 11 is 11.8. The van der Waals surface area contributed by atoms with Gasteiger partial charge < -0.3 is 5.32 Å². The van der Waals surface area contributed by atoms with E-state index in [0.29, 0.717) is 5.56 Å². The summed E-state index contributed by atoms with van der Waals surface area (Å²) < 4.78 is 1.90. The van der Waals surface area contributed by atoms with Crippen LogP contribution in [0.25, 0.3) is 0 Å². The van der Waals surface area contributed by atoms with Gasteiger partial charge in [0.2, 0.25) is 0 Å². The molecule has 2 aromatic carbocycles. The van der Waals surface area contributed by atoms with Crippen LogP contribution in [0, 0.1) is 0 Å². The molecule has 0 saturated carbocycles. The summed E-state index contributed by atoms with van der Waals surface area (Å²) in [4.78, 5) is 11.9. The van der Waals surface area contributed by atoms with E-state index in [0.717, 1.165) is 14.6 Å². The maximum Gasteiger partial charge on any atom is 0.257 e. The summed E-state index contributed by atoms with van der Waals surface area (Å²) in [5, 5.41) is 5.85. The monoisotopic (exact) mass is 412 g/mol. The molecule has 0 aliphatic heterocycles. The fraction of sp³-hybridized carbons (Fsp3) is 0. The first-order valence-corrected chi connectivity index (χ1v) is 7.67. The molecule has 0 heterocycles. The van der Waals surface area contributed by atoms with Crippen LogP contribution in [0.4, 0.5) is 5.69 Å². The van der Waals surface area contributed by atoms with Crippen LogP contribution in [0.2, 0.25) is 0 Å². The third-order valence-electron chi connectivity index (χ3n) is 2.44. The molecule has 0 aliphatic carbocycles. The third-order valence-corrected chi connectivity index (χ3v) is 3.70. The number of carbonyl (C=O) groups is 1. The fourth-order valence-electron chi connectivity index (χ4n) is 1.47. The number of halogens is 2. The molecular weight excluding hydrogens is 404 g/mol. The van der Waals surface area contributed by atoms with Crippen molar-refractivity contribution in [2.24, 2.45) is 0 Å². The average Bonchev–Trinajstić information content (AvgIpc) is 2.42. The Labute approximate surface area is 139 Å². The molecule has 0 aliphatic rings. The summed E-state index contributed by atoms with van der Waals surface area (Å²) in [7, 11) is 0. The first kappa shape index (κ1) is 15.2. The maximum absolute atomic E-state index is 11.9. The number of nitrogens with one attached hydrogen (secondary N) is 2. The molecule has 20 heavy (non-hydrogen) atoms. The molecule has 2 rings (SSSR count). The standard InChI is InChI=1S/C14H10Br2N2OS/c15-10-3-1-9(2-4-10)13(19)18-14(20)17-12-7-5-11(16)6-8-12/h1-8H,(H2,17,18,19,20). The first-order chi connectivity index (χ1) is 9.54. The summed E-state index contributed by atoms with van der Waals surface area (Å²) in [6.45, 7) is 0. The Balaban J connectivity index is 1.95. The van der Waals surface area contributed by atoms with Gasteiger partial charge in [0, 0.05) is 20.2 Å². The smallest absolute Gasteiger partial charge is 0.257 e. The quantitative estimate of drug-likeness (QED) is 0.719. The number of hydrogen-bond donors (Lipinski definition) is 2. The van der Waals surface area contributed by atoms with Gasteiger partial charge in [0.25, 0.3) is 5.91 Å². The minimum Gasteiger partial charge on any atom is -0.332 e. The molecule has 102 valence electrons. The molecular formula is C14H10Br2N2OS. The van der Waals surface area contributed by atoms with Crippen LogP contribution < -0.4 is 10.6 Å². The molecule has 0 bridgehead atoms. The predicted octanol–water partition coefficient (Wildman–Crippen LogP) is 4.34. The van der Waals surface area contributed by atoms with Gasteiger partial charge in [0.15, 0.2) is 5.11 Å². The molecule has 0 saturated heterocycles. The van der Waals surface area contributed by atoms with Crippen LogP contribution in [-0.4, -0.2) is 11.0 Å². The molecule has 0 atom stereocenters. The largest absolute Gasteiger partial charge is 0.332 e. The van der Waals surface area contributed by atoms with Crippen molar-refractivity contribution in [2.45, 2.75) is 0 Å². The van der Waals surface area contributed by atoms with E-state index in [2.05, 4.69) is 42.5 Å². The summed E-state index contributed by atoms with van der Waals surface area (Å²) in [5.41, 5.74) is 1.36. The van der Waals surface area contributed by atoms with E-state index >= 15 is 0 Å². The number of rotatable bonds is 2. The SMILES string of the molecule is O=C(NC(=S)Nc1ccc(Br)cc1)c1ccc(Br)cc1. The minimum atomic E-state index is -0.243. The summed E-state index contributed by atoms with van der Waals surface area (Å²) in [6, 6.07) is 14.6. The molecule has 1 amide bonds. The second kappa shape index (κ2) is 6.97. The zero-order valence-corrected chi connectivity index (χ0v) is 14.2. The van der Waals surface area contributed by atoms with E-state index in [9.17, 15) is 4.79 Å². The fourth-order valence-corrected chi connectivity index (χ4v) is 2.21. The second-order valence-electron chi connectivity index (χ2n) is 3.92. The zero-order chi connectivity index (χ0) is 14.5. The van der Waals surface area contributed by atoms with Crippen LogP contribution >= 0.6 is 44.1 Å². The lowest BCUT2D eigenvalue weighted by molar-refractivity contribution is 0.0977. The van der Waals surface area contributed by atoms with Crippen LogP contribution in [-0.2, 0) is 0 Å². The Bertz CT molecular complexity index is 627. The summed E-state index contributed by atoms with van der Waals surface area (Å²) in [6.07, 6.45) is 0. The van der Waals surface area contributed by atoms with Crippen molar-refractivity contribution < 1.29 is 4.79 Å². The minimum absolute atomic E-state index is 0.243. The van der Waals surface area contributed by atoms with Crippen molar-refractivity contribution in [3.05, 3.63) is 63.0 Å². The molecule has 6 heteroatoms. The van der Waals surface area contributed by atoms with E-state index in [1.807, 2.05) is 24.3 Å². The van der Waals surface area contributed by atoms with Crippen LogP contribution in [0.5, 0.6) is 0 Å². The zero-order valence-electron chi connectivity index (χ0n) is 10.2. The van der Waals surface area contributed by atoms with Crippen molar-refractivity contribution in [1.82, 2.24) is 5.32 Å². The first-order valence-electron chi connectivity index (χ1n) is 5.68. The highest BCUT2D eigenvalue weighted by Gasteiger charge is 2.07. The van der Waals surface area contributed by atoms with E-state index in [-0.39, 0.29) is 11.0 Å². The lowest BCUT2D eigenvalue weighted by Gasteiger charge is -2.09. The third kappa shape index (κ3) is 4.40. The Morgan fingerprint density at radius 2 is 1.40 bits per heavy atom. The van der Waals surface area contributed by atoms with Gasteiger partial charge >= 0.3 is 0 Å².